The molecule has 1 aliphatic rings. The van der Waals surface area contributed by atoms with E-state index in [1.54, 1.807) is 52.1 Å². The van der Waals surface area contributed by atoms with E-state index in [2.05, 4.69) is 5.32 Å². The number of hydrogen-bond donors (Lipinski definition) is 2. The summed E-state index contributed by atoms with van der Waals surface area (Å²) in [4.78, 5) is 23.6. The van der Waals surface area contributed by atoms with Crippen LogP contribution in [0.5, 0.6) is 11.5 Å². The lowest BCUT2D eigenvalue weighted by Gasteiger charge is -2.41. The average Bonchev–Trinajstić information content (AvgIpc) is 2.71. The van der Waals surface area contributed by atoms with E-state index >= 15 is 0 Å². The zero-order valence-electron chi connectivity index (χ0n) is 17.9. The summed E-state index contributed by atoms with van der Waals surface area (Å²) in [6, 6.07) is 9.67. The maximum absolute atomic E-state index is 12.6. The third-order valence-corrected chi connectivity index (χ3v) is 5.15. The minimum absolute atomic E-state index is 0.0162. The Kier molecular flexibility index (Phi) is 6.47. The predicted molar refractivity (Wildman–Crippen MR) is 114 cm³/mol. The van der Waals surface area contributed by atoms with Crippen molar-refractivity contribution in [3.8, 4) is 11.5 Å². The van der Waals surface area contributed by atoms with Crippen molar-refractivity contribution in [2.45, 2.75) is 45.0 Å². The van der Waals surface area contributed by atoms with Crippen molar-refractivity contribution in [2.75, 3.05) is 19.0 Å². The molecule has 2 aromatic carbocycles. The van der Waals surface area contributed by atoms with E-state index in [1.807, 2.05) is 0 Å². The van der Waals surface area contributed by atoms with Gasteiger partial charge in [-0.3, -0.25) is 14.9 Å². The van der Waals surface area contributed by atoms with Gasteiger partial charge in [-0.1, -0.05) is 12.1 Å². The number of nitro groups is 1. The molecule has 9 nitrogen and oxygen atoms in total. The number of aliphatic hydroxyl groups is 1. The molecule has 0 bridgehead atoms. The second kappa shape index (κ2) is 8.91. The molecule has 0 fully saturated rings. The Balaban J connectivity index is 1.92. The maximum Gasteiger partial charge on any atom is 0.296 e. The van der Waals surface area contributed by atoms with Gasteiger partial charge in [0.25, 0.3) is 5.69 Å². The van der Waals surface area contributed by atoms with Gasteiger partial charge in [-0.25, -0.2) is 0 Å². The quantitative estimate of drug-likeness (QED) is 0.510. The number of ether oxygens (including phenoxy) is 3. The minimum Gasteiger partial charge on any atom is -0.497 e. The number of methoxy groups -OCH3 is 1. The summed E-state index contributed by atoms with van der Waals surface area (Å²) in [6.45, 7) is 5.48. The Labute approximate surface area is 180 Å². The van der Waals surface area contributed by atoms with Crippen LogP contribution in [-0.2, 0) is 16.0 Å². The van der Waals surface area contributed by atoms with E-state index in [0.717, 1.165) is 5.56 Å². The van der Waals surface area contributed by atoms with Crippen molar-refractivity contribution in [1.82, 2.24) is 0 Å². The van der Waals surface area contributed by atoms with Crippen LogP contribution in [0.4, 0.5) is 11.4 Å². The number of carbonyl (C=O) groups excluding carboxylic acids is 1. The van der Waals surface area contributed by atoms with Gasteiger partial charge in [-0.05, 0) is 44.5 Å². The fourth-order valence-corrected chi connectivity index (χ4v) is 3.51. The van der Waals surface area contributed by atoms with Crippen molar-refractivity contribution in [2.24, 2.45) is 0 Å². The highest BCUT2D eigenvalue weighted by Crippen LogP contribution is 2.45. The van der Waals surface area contributed by atoms with Crippen LogP contribution in [0.1, 0.15) is 38.0 Å². The van der Waals surface area contributed by atoms with Crippen LogP contribution in [-0.4, -0.2) is 41.4 Å². The summed E-state index contributed by atoms with van der Waals surface area (Å²) in [5.41, 5.74) is -0.114. The molecule has 1 heterocycles. The minimum atomic E-state index is -1.00. The highest BCUT2D eigenvalue weighted by atomic mass is 16.6. The van der Waals surface area contributed by atoms with Gasteiger partial charge in [-0.2, -0.15) is 0 Å². The lowest BCUT2D eigenvalue weighted by Crippen LogP contribution is -2.49. The SMILES string of the molecule is CCO[C@H]1c2cc(NC(=O)Cc3ccc(OC)cc3)c([N+](=O)[O-])cc2OC(C)(C)[C@@H]1O. The van der Waals surface area contributed by atoms with Crippen LogP contribution >= 0.6 is 0 Å². The van der Waals surface area contributed by atoms with Crippen LogP contribution in [0, 0.1) is 10.1 Å². The summed E-state index contributed by atoms with van der Waals surface area (Å²) in [7, 11) is 1.55. The molecule has 9 heteroatoms. The molecule has 0 aromatic heterocycles. The Morgan fingerprint density at radius 2 is 1.97 bits per heavy atom. The number of nitro benzene ring substituents is 1. The van der Waals surface area contributed by atoms with Gasteiger partial charge in [0.1, 0.15) is 35.0 Å². The fourth-order valence-electron chi connectivity index (χ4n) is 3.51. The molecule has 0 unspecified atom stereocenters. The van der Waals surface area contributed by atoms with Gasteiger partial charge in [-0.15, -0.1) is 0 Å². The number of benzene rings is 2. The lowest BCUT2D eigenvalue weighted by molar-refractivity contribution is -0.384. The summed E-state index contributed by atoms with van der Waals surface area (Å²) in [5, 5.41) is 24.9. The molecule has 0 saturated heterocycles. The molecule has 2 N–H and O–H groups in total. The number of rotatable bonds is 7. The number of hydrogen-bond acceptors (Lipinski definition) is 7. The zero-order valence-corrected chi connectivity index (χ0v) is 17.9. The van der Waals surface area contributed by atoms with Gasteiger partial charge in [0.15, 0.2) is 0 Å². The first-order valence-electron chi connectivity index (χ1n) is 9.90. The predicted octanol–water partition coefficient (Wildman–Crippen LogP) is 3.39. The molecule has 166 valence electrons. The van der Waals surface area contributed by atoms with Crippen LogP contribution in [0.2, 0.25) is 0 Å². The van der Waals surface area contributed by atoms with Crippen molar-refractivity contribution in [3.05, 3.63) is 57.6 Å². The molecule has 1 aliphatic heterocycles. The van der Waals surface area contributed by atoms with Gasteiger partial charge < -0.3 is 24.6 Å². The number of amides is 1. The molecular weight excluding hydrogens is 404 g/mol. The van der Waals surface area contributed by atoms with Crippen LogP contribution < -0.4 is 14.8 Å². The van der Waals surface area contributed by atoms with E-state index in [0.29, 0.717) is 17.9 Å². The molecule has 31 heavy (non-hydrogen) atoms. The molecule has 1 amide bonds. The number of anilines is 1. The topological polar surface area (TPSA) is 120 Å². The first kappa shape index (κ1) is 22.5. The van der Waals surface area contributed by atoms with Gasteiger partial charge in [0.2, 0.25) is 5.91 Å². The van der Waals surface area contributed by atoms with Gasteiger partial charge in [0.05, 0.1) is 24.5 Å². The molecule has 0 spiro atoms. The maximum atomic E-state index is 12.6. The molecular formula is C22H26N2O7. The second-order valence-electron chi connectivity index (χ2n) is 7.76. The monoisotopic (exact) mass is 430 g/mol. The fraction of sp³-hybridized carbons (Fsp3) is 0.409. The largest absolute Gasteiger partial charge is 0.497 e. The number of aliphatic hydroxyl groups excluding tert-OH is 1. The first-order chi connectivity index (χ1) is 14.7. The first-order valence-corrected chi connectivity index (χ1v) is 9.90. The molecule has 2 atom stereocenters. The molecule has 0 aliphatic carbocycles. The standard InChI is InChI=1S/C22H26N2O7/c1-5-30-20-15-11-16(23-19(25)10-13-6-8-14(29-4)9-7-13)17(24(27)28)12-18(15)31-22(2,3)21(20)26/h6-9,11-12,20-21,26H,5,10H2,1-4H3,(H,23,25)/t20-,21+/m0/s1. The van der Waals surface area contributed by atoms with Gasteiger partial charge in [0, 0.05) is 12.2 Å². The third-order valence-electron chi connectivity index (χ3n) is 5.15. The van der Waals surface area contributed by atoms with Crippen LogP contribution in [0.3, 0.4) is 0 Å². The zero-order chi connectivity index (χ0) is 22.8. The number of fused-ring (bicyclic) bond motifs is 1. The third kappa shape index (κ3) is 4.78. The summed E-state index contributed by atoms with van der Waals surface area (Å²) in [6.07, 6.45) is -1.72. The second-order valence-corrected chi connectivity index (χ2v) is 7.76. The Morgan fingerprint density at radius 3 is 2.55 bits per heavy atom. The number of nitrogens with zero attached hydrogens (tertiary/aromatic N) is 1. The molecule has 3 rings (SSSR count). The van der Waals surface area contributed by atoms with Crippen LogP contribution in [0.25, 0.3) is 0 Å². The van der Waals surface area contributed by atoms with E-state index in [1.165, 1.54) is 12.1 Å². The number of nitrogens with one attached hydrogen (secondary N) is 1. The Hall–Kier alpha value is -3.17. The van der Waals surface area contributed by atoms with E-state index in [4.69, 9.17) is 14.2 Å². The highest BCUT2D eigenvalue weighted by molar-refractivity contribution is 5.95. The van der Waals surface area contributed by atoms with Crippen LogP contribution in [0.15, 0.2) is 36.4 Å². The highest BCUT2D eigenvalue weighted by Gasteiger charge is 2.44. The molecule has 0 radical (unpaired) electrons. The van der Waals surface area contributed by atoms with Crippen molar-refractivity contribution < 1.29 is 29.0 Å². The number of carbonyl (C=O) groups is 1. The van der Waals surface area contributed by atoms with Crippen molar-refractivity contribution in [1.29, 1.82) is 0 Å². The molecule has 0 saturated carbocycles. The molecule has 2 aromatic rings. The Morgan fingerprint density at radius 1 is 1.29 bits per heavy atom. The summed E-state index contributed by atoms with van der Waals surface area (Å²) in [5.74, 6) is 0.491. The Bertz CT molecular complexity index is 973. The van der Waals surface area contributed by atoms with E-state index in [9.17, 15) is 20.0 Å². The normalized spacial score (nSPS) is 19.1. The average molecular weight is 430 g/mol. The van der Waals surface area contributed by atoms with E-state index in [-0.39, 0.29) is 23.5 Å². The smallest absolute Gasteiger partial charge is 0.296 e. The lowest BCUT2D eigenvalue weighted by atomic mass is 9.88. The van der Waals surface area contributed by atoms with Gasteiger partial charge >= 0.3 is 0 Å². The summed E-state index contributed by atoms with van der Waals surface area (Å²) >= 11 is 0. The summed E-state index contributed by atoms with van der Waals surface area (Å²) < 4.78 is 16.6. The van der Waals surface area contributed by atoms with E-state index < -0.39 is 28.6 Å². The van der Waals surface area contributed by atoms with Crippen molar-refractivity contribution >= 4 is 17.3 Å². The van der Waals surface area contributed by atoms with Crippen molar-refractivity contribution in [3.63, 3.8) is 0 Å².